The minimum atomic E-state index is -0.698. The van der Waals surface area contributed by atoms with Gasteiger partial charge in [-0.2, -0.15) is 0 Å². The predicted octanol–water partition coefficient (Wildman–Crippen LogP) is 2.10. The average Bonchev–Trinajstić information content (AvgIpc) is 2.41. The molecule has 1 aromatic carbocycles. The molecule has 0 radical (unpaired) electrons. The first-order chi connectivity index (χ1) is 8.65. The van der Waals surface area contributed by atoms with Gasteiger partial charge in [-0.05, 0) is 6.07 Å². The number of phenols is 1. The monoisotopic (exact) mass is 276 g/mol. The van der Waals surface area contributed by atoms with Crippen LogP contribution in [-0.2, 0) is 0 Å². The smallest absolute Gasteiger partial charge is 0.145 e. The van der Waals surface area contributed by atoms with Gasteiger partial charge in [-0.15, -0.1) is 0 Å². The highest BCUT2D eigenvalue weighted by Gasteiger charge is 2.26. The summed E-state index contributed by atoms with van der Waals surface area (Å²) < 4.78 is 26.4. The molecule has 100 valence electrons. The SMILES string of the molecule is Oc1c([C@@H](CF)N2CCNCC2)ccc(F)c1Cl. The van der Waals surface area contributed by atoms with Gasteiger partial charge in [0.05, 0.1) is 6.04 Å². The third kappa shape index (κ3) is 2.58. The zero-order valence-electron chi connectivity index (χ0n) is 9.80. The molecular weight excluding hydrogens is 262 g/mol. The fraction of sp³-hybridized carbons (Fsp3) is 0.500. The molecule has 2 N–H and O–H groups in total. The number of hydrogen-bond acceptors (Lipinski definition) is 3. The second-order valence-electron chi connectivity index (χ2n) is 4.26. The van der Waals surface area contributed by atoms with Crippen LogP contribution < -0.4 is 5.32 Å². The van der Waals surface area contributed by atoms with E-state index < -0.39 is 18.5 Å². The van der Waals surface area contributed by atoms with Crippen molar-refractivity contribution in [2.24, 2.45) is 0 Å². The minimum Gasteiger partial charge on any atom is -0.506 e. The largest absolute Gasteiger partial charge is 0.506 e. The Morgan fingerprint density at radius 1 is 1.39 bits per heavy atom. The molecule has 0 amide bonds. The van der Waals surface area contributed by atoms with Crippen LogP contribution in [0, 0.1) is 5.82 Å². The Bertz CT molecular complexity index is 425. The van der Waals surface area contributed by atoms with Crippen LogP contribution in [0.15, 0.2) is 12.1 Å². The molecule has 1 atom stereocenters. The highest BCUT2D eigenvalue weighted by atomic mass is 35.5. The fourth-order valence-corrected chi connectivity index (χ4v) is 2.37. The summed E-state index contributed by atoms with van der Waals surface area (Å²) in [5, 5.41) is 12.7. The lowest BCUT2D eigenvalue weighted by Crippen LogP contribution is -2.45. The van der Waals surface area contributed by atoms with E-state index in [9.17, 15) is 13.9 Å². The normalized spacial score (nSPS) is 18.8. The maximum absolute atomic E-state index is 13.2. The zero-order chi connectivity index (χ0) is 13.1. The molecule has 6 heteroatoms. The maximum Gasteiger partial charge on any atom is 0.145 e. The van der Waals surface area contributed by atoms with Crippen LogP contribution in [-0.4, -0.2) is 42.9 Å². The van der Waals surface area contributed by atoms with Gasteiger partial charge in [0.1, 0.15) is 23.3 Å². The van der Waals surface area contributed by atoms with Gasteiger partial charge in [-0.1, -0.05) is 17.7 Å². The third-order valence-corrected chi connectivity index (χ3v) is 3.56. The molecule has 1 aromatic rings. The molecule has 1 aliphatic heterocycles. The number of hydrogen-bond donors (Lipinski definition) is 2. The number of nitrogens with one attached hydrogen (secondary N) is 1. The Morgan fingerprint density at radius 3 is 2.67 bits per heavy atom. The van der Waals surface area contributed by atoms with Crippen LogP contribution in [0.2, 0.25) is 5.02 Å². The second-order valence-corrected chi connectivity index (χ2v) is 4.63. The summed E-state index contributed by atoms with van der Waals surface area (Å²) in [6.45, 7) is 2.26. The Labute approximate surface area is 109 Å². The van der Waals surface area contributed by atoms with Gasteiger partial charge in [0.2, 0.25) is 0 Å². The minimum absolute atomic E-state index is 0.339. The van der Waals surface area contributed by atoms with Crippen LogP contribution >= 0.6 is 11.6 Å². The van der Waals surface area contributed by atoms with Crippen molar-refractivity contribution in [3.8, 4) is 5.75 Å². The highest BCUT2D eigenvalue weighted by molar-refractivity contribution is 6.32. The molecule has 1 heterocycles. The van der Waals surface area contributed by atoms with Crippen molar-refractivity contribution in [2.75, 3.05) is 32.9 Å². The van der Waals surface area contributed by atoms with Crippen molar-refractivity contribution in [3.05, 3.63) is 28.5 Å². The van der Waals surface area contributed by atoms with Gasteiger partial charge in [-0.3, -0.25) is 4.90 Å². The molecule has 1 aliphatic rings. The summed E-state index contributed by atoms with van der Waals surface area (Å²) in [5.41, 5.74) is 0.339. The lowest BCUT2D eigenvalue weighted by molar-refractivity contribution is 0.145. The number of piperazine rings is 1. The number of rotatable bonds is 3. The first kappa shape index (κ1) is 13.5. The highest BCUT2D eigenvalue weighted by Crippen LogP contribution is 2.36. The molecule has 0 aromatic heterocycles. The molecule has 0 unspecified atom stereocenters. The molecule has 0 saturated carbocycles. The first-order valence-electron chi connectivity index (χ1n) is 5.82. The molecule has 0 spiro atoms. The van der Waals surface area contributed by atoms with E-state index in [-0.39, 0.29) is 10.8 Å². The topological polar surface area (TPSA) is 35.5 Å². The summed E-state index contributed by atoms with van der Waals surface area (Å²) in [6, 6.07) is 1.97. The molecule has 3 nitrogen and oxygen atoms in total. The molecule has 1 fully saturated rings. The first-order valence-corrected chi connectivity index (χ1v) is 6.20. The Morgan fingerprint density at radius 2 is 2.06 bits per heavy atom. The standard InChI is InChI=1S/C12H15ClF2N2O/c13-11-9(15)2-1-8(12(11)18)10(7-14)17-5-3-16-4-6-17/h1-2,10,16,18H,3-7H2/t10-/m1/s1. The number of aromatic hydroxyl groups is 1. The number of phenolic OH excluding ortho intramolecular Hbond substituents is 1. The molecule has 1 saturated heterocycles. The van der Waals surface area contributed by atoms with Crippen molar-refractivity contribution >= 4 is 11.6 Å². The van der Waals surface area contributed by atoms with Crippen molar-refractivity contribution in [3.63, 3.8) is 0 Å². The van der Waals surface area contributed by atoms with Gasteiger partial charge >= 0.3 is 0 Å². The van der Waals surface area contributed by atoms with E-state index in [0.29, 0.717) is 18.7 Å². The van der Waals surface area contributed by atoms with Gasteiger partial charge in [0.15, 0.2) is 0 Å². The van der Waals surface area contributed by atoms with Crippen LogP contribution in [0.3, 0.4) is 0 Å². The molecule has 2 rings (SSSR count). The van der Waals surface area contributed by atoms with Crippen LogP contribution in [0.5, 0.6) is 5.75 Å². The van der Waals surface area contributed by atoms with Crippen molar-refractivity contribution < 1.29 is 13.9 Å². The van der Waals surface area contributed by atoms with E-state index in [1.807, 2.05) is 4.90 Å². The summed E-state index contributed by atoms with van der Waals surface area (Å²) in [5.74, 6) is -1.06. The van der Waals surface area contributed by atoms with Gasteiger partial charge in [0.25, 0.3) is 0 Å². The molecular formula is C12H15ClF2N2O. The van der Waals surface area contributed by atoms with Crippen molar-refractivity contribution in [1.82, 2.24) is 10.2 Å². The molecule has 0 aliphatic carbocycles. The van der Waals surface area contributed by atoms with E-state index in [0.717, 1.165) is 19.2 Å². The number of halogens is 3. The maximum atomic E-state index is 13.2. The Kier molecular flexibility index (Phi) is 4.37. The lowest BCUT2D eigenvalue weighted by atomic mass is 10.0. The van der Waals surface area contributed by atoms with Gasteiger partial charge in [-0.25, -0.2) is 8.78 Å². The van der Waals surface area contributed by atoms with E-state index in [1.165, 1.54) is 6.07 Å². The average molecular weight is 277 g/mol. The quantitative estimate of drug-likeness (QED) is 0.887. The van der Waals surface area contributed by atoms with Crippen molar-refractivity contribution in [1.29, 1.82) is 0 Å². The van der Waals surface area contributed by atoms with E-state index in [4.69, 9.17) is 11.6 Å². The second kappa shape index (κ2) is 5.82. The zero-order valence-corrected chi connectivity index (χ0v) is 10.6. The Hall–Kier alpha value is -0.910. The van der Waals surface area contributed by atoms with E-state index in [1.54, 1.807) is 0 Å². The van der Waals surface area contributed by atoms with Crippen LogP contribution in [0.25, 0.3) is 0 Å². The summed E-state index contributed by atoms with van der Waals surface area (Å²) in [6.07, 6.45) is 0. The molecule has 18 heavy (non-hydrogen) atoms. The predicted molar refractivity (Wildman–Crippen MR) is 66.2 cm³/mol. The van der Waals surface area contributed by atoms with E-state index in [2.05, 4.69) is 5.32 Å². The van der Waals surface area contributed by atoms with E-state index >= 15 is 0 Å². The summed E-state index contributed by atoms with van der Waals surface area (Å²) in [4.78, 5) is 1.92. The van der Waals surface area contributed by atoms with Crippen LogP contribution in [0.1, 0.15) is 11.6 Å². The Balaban J connectivity index is 2.29. The number of alkyl halides is 1. The number of nitrogens with zero attached hydrogens (tertiary/aromatic N) is 1. The lowest BCUT2D eigenvalue weighted by Gasteiger charge is -2.34. The third-order valence-electron chi connectivity index (χ3n) is 3.20. The summed E-state index contributed by atoms with van der Waals surface area (Å²) >= 11 is 5.64. The van der Waals surface area contributed by atoms with Crippen molar-refractivity contribution in [2.45, 2.75) is 6.04 Å². The van der Waals surface area contributed by atoms with Gasteiger partial charge in [0, 0.05) is 31.7 Å². The summed E-state index contributed by atoms with van der Waals surface area (Å²) in [7, 11) is 0. The fourth-order valence-electron chi connectivity index (χ4n) is 2.19. The van der Waals surface area contributed by atoms with Gasteiger partial charge < -0.3 is 10.4 Å². The molecule has 0 bridgehead atoms. The number of benzene rings is 1. The van der Waals surface area contributed by atoms with Crippen LogP contribution in [0.4, 0.5) is 8.78 Å².